The first kappa shape index (κ1) is 8.79. The molecule has 0 fully saturated rings. The molecule has 2 unspecified atom stereocenters. The molecule has 0 aromatic heterocycles. The van der Waals surface area contributed by atoms with Crippen LogP contribution in [0.4, 0.5) is 0 Å². The van der Waals surface area contributed by atoms with Crippen LogP contribution in [-0.4, -0.2) is 11.2 Å². The molecule has 1 aliphatic carbocycles. The van der Waals surface area contributed by atoms with Crippen molar-refractivity contribution in [3.63, 3.8) is 0 Å². The van der Waals surface area contributed by atoms with E-state index < -0.39 is 0 Å². The third kappa shape index (κ3) is 2.33. The Kier molecular flexibility index (Phi) is 2.38. The lowest BCUT2D eigenvalue weighted by Crippen LogP contribution is -2.26. The van der Waals surface area contributed by atoms with Gasteiger partial charge in [0.15, 0.2) is 0 Å². The zero-order valence-corrected chi connectivity index (χ0v) is 7.67. The first-order chi connectivity index (χ1) is 5.00. The van der Waals surface area contributed by atoms with Crippen molar-refractivity contribution in [2.24, 2.45) is 11.3 Å². The molecule has 0 radical (unpaired) electrons. The Bertz CT molecular complexity index is 153. The number of hydrogen-bond acceptors (Lipinski definition) is 1. The summed E-state index contributed by atoms with van der Waals surface area (Å²) >= 11 is 0. The Balaban J connectivity index is 2.57. The maximum Gasteiger partial charge on any atom is 0.0723 e. The molecule has 64 valence electrons. The van der Waals surface area contributed by atoms with Crippen molar-refractivity contribution in [3.8, 4) is 0 Å². The van der Waals surface area contributed by atoms with Crippen LogP contribution in [0, 0.1) is 11.3 Å². The second-order valence-corrected chi connectivity index (χ2v) is 4.53. The van der Waals surface area contributed by atoms with E-state index in [1.165, 1.54) is 0 Å². The van der Waals surface area contributed by atoms with Crippen LogP contribution in [0.1, 0.15) is 33.6 Å². The molecule has 0 aromatic carbocycles. The van der Waals surface area contributed by atoms with Gasteiger partial charge < -0.3 is 5.11 Å². The van der Waals surface area contributed by atoms with Crippen molar-refractivity contribution < 1.29 is 5.11 Å². The lowest BCUT2D eigenvalue weighted by atomic mass is 9.74. The van der Waals surface area contributed by atoms with Gasteiger partial charge in [0.25, 0.3) is 0 Å². The molecule has 1 heteroatoms. The van der Waals surface area contributed by atoms with Gasteiger partial charge in [-0.25, -0.2) is 0 Å². The standard InChI is InChI=1S/C10H18O/c1-10(2,3)8-5-4-6-9(11)7-8/h4,6,8-9,11H,5,7H2,1-3H3. The van der Waals surface area contributed by atoms with Gasteiger partial charge in [-0.1, -0.05) is 32.9 Å². The van der Waals surface area contributed by atoms with Crippen LogP contribution in [0.3, 0.4) is 0 Å². The van der Waals surface area contributed by atoms with Gasteiger partial charge in [0.2, 0.25) is 0 Å². The number of aliphatic hydroxyl groups is 1. The van der Waals surface area contributed by atoms with E-state index in [2.05, 4.69) is 26.8 Å². The van der Waals surface area contributed by atoms with E-state index in [1.807, 2.05) is 6.08 Å². The van der Waals surface area contributed by atoms with Crippen LogP contribution in [0.5, 0.6) is 0 Å². The normalized spacial score (nSPS) is 32.4. The topological polar surface area (TPSA) is 20.2 Å². The summed E-state index contributed by atoms with van der Waals surface area (Å²) in [5.41, 5.74) is 0.339. The first-order valence-electron chi connectivity index (χ1n) is 4.35. The van der Waals surface area contributed by atoms with E-state index in [9.17, 15) is 5.11 Å². The third-order valence-electron chi connectivity index (χ3n) is 2.53. The average Bonchev–Trinajstić information content (AvgIpc) is 1.86. The monoisotopic (exact) mass is 154 g/mol. The molecule has 0 amide bonds. The Morgan fingerprint density at radius 1 is 1.36 bits per heavy atom. The summed E-state index contributed by atoms with van der Waals surface area (Å²) in [4.78, 5) is 0. The number of allylic oxidation sites excluding steroid dienone is 1. The molecule has 0 saturated heterocycles. The molecule has 0 spiro atoms. The number of hydrogen-bond donors (Lipinski definition) is 1. The maximum atomic E-state index is 9.36. The SMILES string of the molecule is CC(C)(C)C1CC=CC(O)C1. The summed E-state index contributed by atoms with van der Waals surface area (Å²) in [7, 11) is 0. The largest absolute Gasteiger partial charge is 0.389 e. The molecule has 1 N–H and O–H groups in total. The van der Waals surface area contributed by atoms with E-state index >= 15 is 0 Å². The molecule has 0 aliphatic heterocycles. The Morgan fingerprint density at radius 3 is 2.36 bits per heavy atom. The van der Waals surface area contributed by atoms with E-state index in [-0.39, 0.29) is 6.10 Å². The summed E-state index contributed by atoms with van der Waals surface area (Å²) in [6.07, 6.45) is 5.86. The zero-order chi connectivity index (χ0) is 8.48. The van der Waals surface area contributed by atoms with Gasteiger partial charge in [0, 0.05) is 0 Å². The molecular weight excluding hydrogens is 136 g/mol. The van der Waals surface area contributed by atoms with Gasteiger partial charge in [-0.2, -0.15) is 0 Å². The lowest BCUT2D eigenvalue weighted by Gasteiger charge is -2.33. The minimum Gasteiger partial charge on any atom is -0.389 e. The fourth-order valence-electron chi connectivity index (χ4n) is 1.57. The number of aliphatic hydroxyl groups excluding tert-OH is 1. The minimum atomic E-state index is -0.201. The molecule has 0 saturated carbocycles. The van der Waals surface area contributed by atoms with Crippen LogP contribution in [-0.2, 0) is 0 Å². The summed E-state index contributed by atoms with van der Waals surface area (Å²) in [6.45, 7) is 6.72. The second-order valence-electron chi connectivity index (χ2n) is 4.53. The predicted octanol–water partition coefficient (Wildman–Crippen LogP) is 2.36. The van der Waals surface area contributed by atoms with Crippen LogP contribution in [0.15, 0.2) is 12.2 Å². The summed E-state index contributed by atoms with van der Waals surface area (Å²) in [6, 6.07) is 0. The Labute approximate surface area is 69.1 Å². The smallest absolute Gasteiger partial charge is 0.0723 e. The molecular formula is C10H18O. The van der Waals surface area contributed by atoms with Gasteiger partial charge >= 0.3 is 0 Å². The minimum absolute atomic E-state index is 0.201. The van der Waals surface area contributed by atoms with Crippen molar-refractivity contribution in [3.05, 3.63) is 12.2 Å². The summed E-state index contributed by atoms with van der Waals surface area (Å²) in [5, 5.41) is 9.36. The quantitative estimate of drug-likeness (QED) is 0.531. The highest BCUT2D eigenvalue weighted by molar-refractivity contribution is 4.98. The van der Waals surface area contributed by atoms with Gasteiger partial charge in [-0.05, 0) is 24.2 Å². The number of rotatable bonds is 0. The molecule has 1 nitrogen and oxygen atoms in total. The van der Waals surface area contributed by atoms with Crippen molar-refractivity contribution in [1.29, 1.82) is 0 Å². The van der Waals surface area contributed by atoms with Crippen molar-refractivity contribution in [2.75, 3.05) is 0 Å². The first-order valence-corrected chi connectivity index (χ1v) is 4.35. The van der Waals surface area contributed by atoms with E-state index in [4.69, 9.17) is 0 Å². The highest BCUT2D eigenvalue weighted by Gasteiger charge is 2.27. The average molecular weight is 154 g/mol. The Morgan fingerprint density at radius 2 is 2.00 bits per heavy atom. The van der Waals surface area contributed by atoms with Crippen molar-refractivity contribution in [2.45, 2.75) is 39.7 Å². The highest BCUT2D eigenvalue weighted by Crippen LogP contribution is 2.34. The fourth-order valence-corrected chi connectivity index (χ4v) is 1.57. The van der Waals surface area contributed by atoms with E-state index in [1.54, 1.807) is 0 Å². The summed E-state index contributed by atoms with van der Waals surface area (Å²) in [5.74, 6) is 0.641. The van der Waals surface area contributed by atoms with E-state index in [0.717, 1.165) is 12.8 Å². The van der Waals surface area contributed by atoms with E-state index in [0.29, 0.717) is 11.3 Å². The summed E-state index contributed by atoms with van der Waals surface area (Å²) < 4.78 is 0. The van der Waals surface area contributed by atoms with Crippen LogP contribution in [0.2, 0.25) is 0 Å². The maximum absolute atomic E-state index is 9.36. The third-order valence-corrected chi connectivity index (χ3v) is 2.53. The molecule has 0 heterocycles. The predicted molar refractivity (Wildman–Crippen MR) is 47.3 cm³/mol. The van der Waals surface area contributed by atoms with Gasteiger partial charge in [0.05, 0.1) is 6.10 Å². The van der Waals surface area contributed by atoms with Gasteiger partial charge in [0.1, 0.15) is 0 Å². The Hall–Kier alpha value is -0.300. The van der Waals surface area contributed by atoms with Crippen molar-refractivity contribution >= 4 is 0 Å². The second kappa shape index (κ2) is 2.98. The molecule has 0 aromatic rings. The molecule has 0 bridgehead atoms. The lowest BCUT2D eigenvalue weighted by molar-refractivity contribution is 0.124. The van der Waals surface area contributed by atoms with Gasteiger partial charge in [-0.15, -0.1) is 0 Å². The van der Waals surface area contributed by atoms with Crippen molar-refractivity contribution in [1.82, 2.24) is 0 Å². The molecule has 11 heavy (non-hydrogen) atoms. The zero-order valence-electron chi connectivity index (χ0n) is 7.67. The molecule has 1 aliphatic rings. The van der Waals surface area contributed by atoms with Crippen LogP contribution < -0.4 is 0 Å². The van der Waals surface area contributed by atoms with Crippen LogP contribution in [0.25, 0.3) is 0 Å². The molecule has 1 rings (SSSR count). The highest BCUT2D eigenvalue weighted by atomic mass is 16.3. The van der Waals surface area contributed by atoms with Gasteiger partial charge in [-0.3, -0.25) is 0 Å². The van der Waals surface area contributed by atoms with Crippen LogP contribution >= 0.6 is 0 Å². The fraction of sp³-hybridized carbons (Fsp3) is 0.800. The molecule has 2 atom stereocenters.